The first-order chi connectivity index (χ1) is 21.8. The summed E-state index contributed by atoms with van der Waals surface area (Å²) in [5, 5.41) is 21.3. The van der Waals surface area contributed by atoms with Crippen molar-refractivity contribution in [3.8, 4) is 5.75 Å². The van der Waals surface area contributed by atoms with Gasteiger partial charge in [-0.25, -0.2) is 4.98 Å². The summed E-state index contributed by atoms with van der Waals surface area (Å²) in [6, 6.07) is 17.6. The molecule has 4 heterocycles. The summed E-state index contributed by atoms with van der Waals surface area (Å²) in [4.78, 5) is 33.4. The van der Waals surface area contributed by atoms with E-state index in [2.05, 4.69) is 22.1 Å². The molecule has 0 aliphatic carbocycles. The number of ether oxygens (including phenoxy) is 1. The first-order valence-corrected chi connectivity index (χ1v) is 16.6. The first kappa shape index (κ1) is 30.8. The Morgan fingerprint density at radius 2 is 1.82 bits per heavy atom. The molecule has 0 spiro atoms. The molecule has 1 aliphatic heterocycles. The van der Waals surface area contributed by atoms with E-state index >= 15 is 0 Å². The number of rotatable bonds is 10. The number of nitrogens with zero attached hydrogens (tertiary/aromatic N) is 5. The number of aliphatic hydroxyl groups is 1. The van der Waals surface area contributed by atoms with E-state index in [0.717, 1.165) is 24.0 Å². The minimum atomic E-state index is -0.956. The zero-order valence-corrected chi connectivity index (χ0v) is 27.2. The van der Waals surface area contributed by atoms with Crippen LogP contribution < -0.4 is 9.64 Å². The summed E-state index contributed by atoms with van der Waals surface area (Å²) in [5.74, 6) is -0.660. The van der Waals surface area contributed by atoms with E-state index in [0.29, 0.717) is 44.4 Å². The van der Waals surface area contributed by atoms with Crippen molar-refractivity contribution < 1.29 is 19.4 Å². The normalized spacial score (nSPS) is 16.2. The summed E-state index contributed by atoms with van der Waals surface area (Å²) in [6.07, 6.45) is 3.78. The fraction of sp³-hybridized carbons (Fsp3) is 0.242. The molecule has 12 heteroatoms. The number of fused-ring (bicyclic) bond motifs is 1. The number of unbranched alkanes of at least 4 members (excludes halogenated alkanes) is 1. The summed E-state index contributed by atoms with van der Waals surface area (Å²) in [6.45, 7) is 6.42. The van der Waals surface area contributed by atoms with Gasteiger partial charge >= 0.3 is 5.91 Å². The largest absolute Gasteiger partial charge is 0.505 e. The summed E-state index contributed by atoms with van der Waals surface area (Å²) in [7, 11) is 0. The minimum absolute atomic E-state index is 0.0608. The topological polar surface area (TPSA) is 110 Å². The van der Waals surface area contributed by atoms with Crippen molar-refractivity contribution in [1.82, 2.24) is 19.6 Å². The Morgan fingerprint density at radius 1 is 1.07 bits per heavy atom. The van der Waals surface area contributed by atoms with Crippen LogP contribution in [0, 0.1) is 13.8 Å². The average molecular weight is 660 g/mol. The van der Waals surface area contributed by atoms with E-state index in [1.807, 2.05) is 60.8 Å². The molecule has 0 bridgehead atoms. The van der Waals surface area contributed by atoms with Crippen LogP contribution in [0.25, 0.3) is 11.4 Å². The van der Waals surface area contributed by atoms with Crippen LogP contribution in [0.4, 0.5) is 5.13 Å². The average Bonchev–Trinajstić information content (AvgIpc) is 3.72. The van der Waals surface area contributed by atoms with Gasteiger partial charge in [0.1, 0.15) is 17.1 Å². The maximum absolute atomic E-state index is 13.7. The Morgan fingerprint density at radius 3 is 2.53 bits per heavy atom. The third-order valence-electron chi connectivity index (χ3n) is 7.59. The molecule has 1 N–H and O–H groups in total. The predicted molar refractivity (Wildman–Crippen MR) is 177 cm³/mol. The van der Waals surface area contributed by atoms with Crippen LogP contribution in [0.3, 0.4) is 0 Å². The lowest BCUT2D eigenvalue weighted by molar-refractivity contribution is -0.132. The third kappa shape index (κ3) is 6.07. The van der Waals surface area contributed by atoms with Crippen LogP contribution in [0.1, 0.15) is 53.9 Å². The van der Waals surface area contributed by atoms with Gasteiger partial charge in [-0.1, -0.05) is 78.4 Å². The highest BCUT2D eigenvalue weighted by Crippen LogP contribution is 2.44. The molecule has 230 valence electrons. The van der Waals surface area contributed by atoms with Gasteiger partial charge in [0.15, 0.2) is 10.1 Å². The van der Waals surface area contributed by atoms with E-state index in [4.69, 9.17) is 16.3 Å². The molecule has 1 fully saturated rings. The molecule has 3 aromatic heterocycles. The van der Waals surface area contributed by atoms with Gasteiger partial charge in [-0.3, -0.25) is 14.5 Å². The quantitative estimate of drug-likeness (QED) is 0.0409. The number of aliphatic hydroxyl groups excluding tert-OH is 1. The number of ketones is 1. The molecule has 2 aromatic carbocycles. The fourth-order valence-corrected chi connectivity index (χ4v) is 7.13. The number of benzene rings is 2. The summed E-state index contributed by atoms with van der Waals surface area (Å²) in [5.41, 5.74) is 4.06. The van der Waals surface area contributed by atoms with E-state index in [9.17, 15) is 14.7 Å². The van der Waals surface area contributed by atoms with Crippen molar-refractivity contribution in [3.05, 3.63) is 106 Å². The molecule has 1 saturated heterocycles. The van der Waals surface area contributed by atoms with Gasteiger partial charge in [0.25, 0.3) is 5.78 Å². The van der Waals surface area contributed by atoms with E-state index in [1.54, 1.807) is 24.3 Å². The fourth-order valence-electron chi connectivity index (χ4n) is 5.18. The number of hydrogen-bond acceptors (Lipinski definition) is 9. The smallest absolute Gasteiger partial charge is 0.301 e. The van der Waals surface area contributed by atoms with Crippen LogP contribution in [0.2, 0.25) is 5.02 Å². The maximum Gasteiger partial charge on any atom is 0.301 e. The zero-order chi connectivity index (χ0) is 31.7. The van der Waals surface area contributed by atoms with Crippen LogP contribution in [0.15, 0.2) is 76.8 Å². The summed E-state index contributed by atoms with van der Waals surface area (Å²) >= 11 is 8.69. The molecule has 6 rings (SSSR count). The zero-order valence-electron chi connectivity index (χ0n) is 24.9. The maximum atomic E-state index is 13.7. The molecular formula is C33H30ClN5O4S2. The second-order valence-electron chi connectivity index (χ2n) is 10.6. The number of carbonyl (C=O) groups is 2. The highest BCUT2D eigenvalue weighted by atomic mass is 35.5. The van der Waals surface area contributed by atoms with Crippen molar-refractivity contribution in [2.24, 2.45) is 0 Å². The van der Waals surface area contributed by atoms with Gasteiger partial charge in [-0.05, 0) is 67.3 Å². The number of pyridine rings is 1. The van der Waals surface area contributed by atoms with Gasteiger partial charge in [-0.15, -0.1) is 10.2 Å². The third-order valence-corrected chi connectivity index (χ3v) is 9.97. The van der Waals surface area contributed by atoms with Gasteiger partial charge in [-0.2, -0.15) is 0 Å². The lowest BCUT2D eigenvalue weighted by atomic mass is 9.96. The molecule has 9 nitrogen and oxygen atoms in total. The van der Waals surface area contributed by atoms with Gasteiger partial charge in [0, 0.05) is 17.0 Å². The molecule has 1 unspecified atom stereocenters. The summed E-state index contributed by atoms with van der Waals surface area (Å²) < 4.78 is 8.33. The number of anilines is 1. The van der Waals surface area contributed by atoms with E-state index < -0.39 is 17.7 Å². The van der Waals surface area contributed by atoms with Crippen molar-refractivity contribution in [2.75, 3.05) is 11.5 Å². The predicted octanol–water partition coefficient (Wildman–Crippen LogP) is 7.55. The number of halogens is 1. The van der Waals surface area contributed by atoms with Gasteiger partial charge < -0.3 is 14.2 Å². The number of aromatic nitrogens is 4. The molecule has 0 saturated carbocycles. The Labute approximate surface area is 273 Å². The Kier molecular flexibility index (Phi) is 8.93. The molecule has 0 radical (unpaired) electrons. The second-order valence-corrected chi connectivity index (χ2v) is 13.3. The molecule has 1 atom stereocenters. The van der Waals surface area contributed by atoms with Gasteiger partial charge in [0.2, 0.25) is 5.13 Å². The second kappa shape index (κ2) is 13.0. The van der Waals surface area contributed by atoms with Crippen LogP contribution >= 0.6 is 34.7 Å². The van der Waals surface area contributed by atoms with Crippen molar-refractivity contribution in [2.45, 2.75) is 49.7 Å². The molecule has 45 heavy (non-hydrogen) atoms. The van der Waals surface area contributed by atoms with E-state index in [1.165, 1.54) is 28.0 Å². The molecule has 1 amide bonds. The standard InChI is InChI=1S/C33H30ClN5O4S2/c1-4-5-17-43-24-14-10-22(11-15-24)27-25(28(40)26-20(3)38-16-6-7-19(2)30(38)35-26)29(41)31(42)39(27)32-36-37-33(45-32)44-18-21-8-12-23(34)13-9-21/h6-16,27,40H,4-5,17-18H2,1-3H3/b28-25+. The number of carbonyl (C=O) groups excluding carboxylic acids is 2. The number of hydrogen-bond donors (Lipinski definition) is 1. The molecular weight excluding hydrogens is 630 g/mol. The van der Waals surface area contributed by atoms with Crippen molar-refractivity contribution in [1.29, 1.82) is 0 Å². The molecule has 1 aliphatic rings. The highest BCUT2D eigenvalue weighted by molar-refractivity contribution is 8.00. The van der Waals surface area contributed by atoms with Crippen molar-refractivity contribution in [3.63, 3.8) is 0 Å². The number of amides is 1. The number of Topliss-reactive ketones (excluding diaryl/α,β-unsaturated/α-hetero) is 1. The Hall–Kier alpha value is -4.19. The highest BCUT2D eigenvalue weighted by Gasteiger charge is 2.49. The lowest BCUT2D eigenvalue weighted by Crippen LogP contribution is -2.29. The lowest BCUT2D eigenvalue weighted by Gasteiger charge is -2.22. The first-order valence-electron chi connectivity index (χ1n) is 14.5. The molecule has 5 aromatic rings. The minimum Gasteiger partial charge on any atom is -0.505 e. The van der Waals surface area contributed by atoms with Crippen LogP contribution in [0.5, 0.6) is 5.75 Å². The van der Waals surface area contributed by atoms with Crippen LogP contribution in [-0.4, -0.2) is 43.0 Å². The van der Waals surface area contributed by atoms with Crippen LogP contribution in [-0.2, 0) is 15.3 Å². The van der Waals surface area contributed by atoms with E-state index in [-0.39, 0.29) is 22.2 Å². The Balaban J connectivity index is 1.40. The monoisotopic (exact) mass is 659 g/mol. The number of aryl methyl sites for hydroxylation is 2. The SMILES string of the molecule is CCCCOc1ccc(C2/C(=C(\O)c3nc4c(C)cccn4c3C)C(=O)C(=O)N2c2nnc(SCc3ccc(Cl)cc3)s2)cc1. The van der Waals surface area contributed by atoms with Gasteiger partial charge in [0.05, 0.1) is 23.9 Å². The van der Waals surface area contributed by atoms with Crippen molar-refractivity contribution >= 4 is 62.9 Å². The number of imidazole rings is 1. The number of thioether (sulfide) groups is 1. The Bertz CT molecular complexity index is 1920.